The van der Waals surface area contributed by atoms with Crippen molar-refractivity contribution in [2.75, 3.05) is 19.1 Å². The van der Waals surface area contributed by atoms with Crippen molar-refractivity contribution >= 4 is 28.1 Å². The van der Waals surface area contributed by atoms with Crippen LogP contribution in [0.3, 0.4) is 0 Å². The number of benzene rings is 1. The van der Waals surface area contributed by atoms with E-state index in [4.69, 9.17) is 5.26 Å². The summed E-state index contributed by atoms with van der Waals surface area (Å²) in [5.41, 5.74) is 1.50. The zero-order chi connectivity index (χ0) is 13.8. The van der Waals surface area contributed by atoms with Gasteiger partial charge in [-0.3, -0.25) is 0 Å². The molecule has 0 bridgehead atoms. The Morgan fingerprint density at radius 3 is 2.68 bits per heavy atom. The highest BCUT2D eigenvalue weighted by Gasteiger charge is 2.14. The lowest BCUT2D eigenvalue weighted by Crippen LogP contribution is -2.08. The Kier molecular flexibility index (Phi) is 3.78. The van der Waals surface area contributed by atoms with E-state index in [1.165, 1.54) is 24.6 Å². The summed E-state index contributed by atoms with van der Waals surface area (Å²) in [5.74, 6) is -0.392. The number of rotatable bonds is 3. The molecule has 1 aromatic heterocycles. The van der Waals surface area contributed by atoms with E-state index in [1.807, 2.05) is 24.1 Å². The molecule has 2 aromatic rings. The van der Waals surface area contributed by atoms with Gasteiger partial charge in [-0.1, -0.05) is 11.3 Å². The third kappa shape index (κ3) is 2.72. The van der Waals surface area contributed by atoms with E-state index in [-0.39, 0.29) is 0 Å². The molecule has 1 heterocycles. The quantitative estimate of drug-likeness (QED) is 0.804. The molecular weight excluding hydrogens is 262 g/mol. The SMILES string of the molecule is COC(=O)c1cnc(N(C)c2ccc(C#N)cc2)s1. The second kappa shape index (κ2) is 5.50. The highest BCUT2D eigenvalue weighted by atomic mass is 32.1. The van der Waals surface area contributed by atoms with Crippen LogP contribution in [0.15, 0.2) is 30.5 Å². The Bertz CT molecular complexity index is 628. The summed E-state index contributed by atoms with van der Waals surface area (Å²) in [6.45, 7) is 0. The summed E-state index contributed by atoms with van der Waals surface area (Å²) in [4.78, 5) is 17.8. The minimum absolute atomic E-state index is 0.392. The van der Waals surface area contributed by atoms with Crippen LogP contribution in [-0.4, -0.2) is 25.1 Å². The Morgan fingerprint density at radius 2 is 2.11 bits per heavy atom. The van der Waals surface area contributed by atoms with Gasteiger partial charge in [0.2, 0.25) is 0 Å². The lowest BCUT2D eigenvalue weighted by Gasteiger charge is -2.15. The van der Waals surface area contributed by atoms with Gasteiger partial charge in [-0.05, 0) is 24.3 Å². The van der Waals surface area contributed by atoms with E-state index >= 15 is 0 Å². The molecule has 6 heteroatoms. The van der Waals surface area contributed by atoms with E-state index in [2.05, 4.69) is 15.8 Å². The zero-order valence-electron chi connectivity index (χ0n) is 10.5. The fourth-order valence-electron chi connectivity index (χ4n) is 1.48. The second-order valence-corrected chi connectivity index (χ2v) is 4.73. The summed E-state index contributed by atoms with van der Waals surface area (Å²) < 4.78 is 4.64. The van der Waals surface area contributed by atoms with Gasteiger partial charge in [-0.15, -0.1) is 0 Å². The first-order valence-electron chi connectivity index (χ1n) is 5.43. The molecule has 0 radical (unpaired) electrons. The van der Waals surface area contributed by atoms with Gasteiger partial charge >= 0.3 is 5.97 Å². The van der Waals surface area contributed by atoms with Gasteiger partial charge in [0.25, 0.3) is 0 Å². The van der Waals surface area contributed by atoms with E-state index in [0.717, 1.165) is 5.69 Å². The van der Waals surface area contributed by atoms with Crippen LogP contribution < -0.4 is 4.90 Å². The number of nitriles is 1. The first-order valence-corrected chi connectivity index (χ1v) is 6.25. The van der Waals surface area contributed by atoms with Crippen molar-refractivity contribution in [3.63, 3.8) is 0 Å². The number of anilines is 2. The van der Waals surface area contributed by atoms with Gasteiger partial charge in [-0.25, -0.2) is 9.78 Å². The number of nitrogens with zero attached hydrogens (tertiary/aromatic N) is 3. The maximum Gasteiger partial charge on any atom is 0.349 e. The third-order valence-corrected chi connectivity index (χ3v) is 3.60. The van der Waals surface area contributed by atoms with E-state index in [9.17, 15) is 4.79 Å². The van der Waals surface area contributed by atoms with Crippen LogP contribution in [0.1, 0.15) is 15.2 Å². The van der Waals surface area contributed by atoms with Gasteiger partial charge in [-0.2, -0.15) is 5.26 Å². The number of carbonyl (C=O) groups is 1. The number of carbonyl (C=O) groups excluding carboxylic acids is 1. The number of aromatic nitrogens is 1. The Morgan fingerprint density at radius 1 is 1.42 bits per heavy atom. The molecule has 0 N–H and O–H groups in total. The second-order valence-electron chi connectivity index (χ2n) is 3.72. The largest absolute Gasteiger partial charge is 0.465 e. The average molecular weight is 273 g/mol. The number of ether oxygens (including phenoxy) is 1. The lowest BCUT2D eigenvalue weighted by molar-refractivity contribution is 0.0606. The highest BCUT2D eigenvalue weighted by Crippen LogP contribution is 2.28. The first kappa shape index (κ1) is 13.1. The average Bonchev–Trinajstić information content (AvgIpc) is 2.95. The molecule has 96 valence electrons. The molecule has 0 saturated heterocycles. The Labute approximate surface area is 114 Å². The molecule has 2 rings (SSSR count). The van der Waals surface area contributed by atoms with E-state index < -0.39 is 5.97 Å². The van der Waals surface area contributed by atoms with Crippen molar-refractivity contribution in [3.05, 3.63) is 40.9 Å². The summed E-state index contributed by atoms with van der Waals surface area (Å²) in [7, 11) is 3.19. The molecule has 0 amide bonds. The van der Waals surface area contributed by atoms with Gasteiger partial charge in [0.15, 0.2) is 5.13 Å². The summed E-state index contributed by atoms with van der Waals surface area (Å²) >= 11 is 1.25. The maximum absolute atomic E-state index is 11.4. The topological polar surface area (TPSA) is 66.2 Å². The molecule has 5 nitrogen and oxygen atoms in total. The zero-order valence-corrected chi connectivity index (χ0v) is 11.3. The summed E-state index contributed by atoms with van der Waals surface area (Å²) in [5, 5.41) is 9.44. The third-order valence-electron chi connectivity index (χ3n) is 2.55. The Hall–Kier alpha value is -2.39. The van der Waals surface area contributed by atoms with Crippen LogP contribution in [-0.2, 0) is 4.74 Å². The van der Waals surface area contributed by atoms with Gasteiger partial charge in [0.1, 0.15) is 4.88 Å². The lowest BCUT2D eigenvalue weighted by atomic mass is 10.2. The molecule has 0 aliphatic carbocycles. The van der Waals surface area contributed by atoms with Gasteiger partial charge < -0.3 is 9.64 Å². The van der Waals surface area contributed by atoms with Crippen LogP contribution >= 0.6 is 11.3 Å². The number of methoxy groups -OCH3 is 1. The van der Waals surface area contributed by atoms with Gasteiger partial charge in [0.05, 0.1) is 24.9 Å². The number of thiazole rings is 1. The van der Waals surface area contributed by atoms with Crippen molar-refractivity contribution in [2.24, 2.45) is 0 Å². The fraction of sp³-hybridized carbons (Fsp3) is 0.154. The van der Waals surface area contributed by atoms with Crippen LogP contribution in [0, 0.1) is 11.3 Å². The van der Waals surface area contributed by atoms with Crippen LogP contribution in [0.4, 0.5) is 10.8 Å². The monoisotopic (exact) mass is 273 g/mol. The molecule has 0 unspecified atom stereocenters. The number of esters is 1. The smallest absolute Gasteiger partial charge is 0.349 e. The molecule has 1 aromatic carbocycles. The highest BCUT2D eigenvalue weighted by molar-refractivity contribution is 7.17. The fourth-order valence-corrected chi connectivity index (χ4v) is 2.30. The molecule has 0 fully saturated rings. The standard InChI is InChI=1S/C13H11N3O2S/c1-16(10-5-3-9(7-14)4-6-10)13-15-8-11(19-13)12(17)18-2/h3-6,8H,1-2H3. The first-order chi connectivity index (χ1) is 9.15. The van der Waals surface area contributed by atoms with Gasteiger partial charge in [0, 0.05) is 12.7 Å². The van der Waals surface area contributed by atoms with Crippen LogP contribution in [0.25, 0.3) is 0 Å². The predicted octanol–water partition coefficient (Wildman–Crippen LogP) is 2.57. The van der Waals surface area contributed by atoms with E-state index in [1.54, 1.807) is 12.1 Å². The van der Waals surface area contributed by atoms with Crippen molar-refractivity contribution in [1.82, 2.24) is 4.98 Å². The normalized spacial score (nSPS) is 9.74. The minimum Gasteiger partial charge on any atom is -0.465 e. The van der Waals surface area contributed by atoms with Crippen molar-refractivity contribution < 1.29 is 9.53 Å². The minimum atomic E-state index is -0.392. The van der Waals surface area contributed by atoms with Crippen molar-refractivity contribution in [3.8, 4) is 6.07 Å². The number of hydrogen-bond acceptors (Lipinski definition) is 6. The molecule has 0 aliphatic rings. The van der Waals surface area contributed by atoms with E-state index in [0.29, 0.717) is 15.6 Å². The van der Waals surface area contributed by atoms with Crippen molar-refractivity contribution in [2.45, 2.75) is 0 Å². The van der Waals surface area contributed by atoms with Crippen LogP contribution in [0.2, 0.25) is 0 Å². The molecule has 19 heavy (non-hydrogen) atoms. The predicted molar refractivity (Wildman–Crippen MR) is 72.7 cm³/mol. The number of hydrogen-bond donors (Lipinski definition) is 0. The van der Waals surface area contributed by atoms with Crippen LogP contribution in [0.5, 0.6) is 0 Å². The molecular formula is C13H11N3O2S. The summed E-state index contributed by atoms with van der Waals surface area (Å²) in [6.07, 6.45) is 1.49. The summed E-state index contributed by atoms with van der Waals surface area (Å²) in [6, 6.07) is 9.20. The molecule has 0 saturated carbocycles. The Balaban J connectivity index is 2.23. The maximum atomic E-state index is 11.4. The van der Waals surface area contributed by atoms with Crippen molar-refractivity contribution in [1.29, 1.82) is 5.26 Å². The molecule has 0 aliphatic heterocycles. The molecule has 0 atom stereocenters. The molecule has 0 spiro atoms.